The van der Waals surface area contributed by atoms with Crippen molar-refractivity contribution in [2.75, 3.05) is 7.11 Å². The van der Waals surface area contributed by atoms with Crippen molar-refractivity contribution in [1.29, 1.82) is 0 Å². The van der Waals surface area contributed by atoms with Gasteiger partial charge in [0.15, 0.2) is 6.10 Å². The zero-order valence-electron chi connectivity index (χ0n) is 23.1. The number of carbonyl (C=O) groups is 1. The van der Waals surface area contributed by atoms with Crippen molar-refractivity contribution in [2.24, 2.45) is 0 Å². The summed E-state index contributed by atoms with van der Waals surface area (Å²) >= 11 is 5.54. The van der Waals surface area contributed by atoms with E-state index in [9.17, 15) is 4.79 Å². The van der Waals surface area contributed by atoms with Gasteiger partial charge in [0.2, 0.25) is 0 Å². The molecule has 0 amide bonds. The monoisotopic (exact) mass is 632 g/mol. The highest BCUT2D eigenvalue weighted by molar-refractivity contribution is 9.10. The van der Waals surface area contributed by atoms with Gasteiger partial charge in [-0.25, -0.2) is 4.79 Å². The summed E-state index contributed by atoms with van der Waals surface area (Å²) in [4.78, 5) is 13.9. The Morgan fingerprint density at radius 3 is 2.05 bits per heavy atom. The molecule has 0 radical (unpaired) electrons. The number of methoxy groups -OCH3 is 1. The molecule has 42 heavy (non-hydrogen) atoms. The third kappa shape index (κ3) is 6.18. The van der Waals surface area contributed by atoms with E-state index in [-0.39, 0.29) is 0 Å². The molecule has 3 nitrogen and oxygen atoms in total. The molecule has 0 saturated heterocycles. The minimum atomic E-state index is -0.746. The average Bonchev–Trinajstić information content (AvgIpc) is 3.40. The number of rotatable bonds is 9. The van der Waals surface area contributed by atoms with Crippen molar-refractivity contribution in [3.8, 4) is 28.0 Å². The highest BCUT2D eigenvalue weighted by Gasteiger charge is 2.23. The van der Waals surface area contributed by atoms with Crippen molar-refractivity contribution in [3.63, 3.8) is 0 Å². The molecule has 0 spiro atoms. The predicted molar refractivity (Wildman–Crippen MR) is 176 cm³/mol. The minimum Gasteiger partial charge on any atom is -0.477 e. The maximum atomic E-state index is 12.5. The number of hydrogen-bond acceptors (Lipinski definition) is 4. The van der Waals surface area contributed by atoms with Gasteiger partial charge in [-0.15, -0.1) is 11.3 Å². The molecule has 6 rings (SSSR count). The van der Waals surface area contributed by atoms with Gasteiger partial charge in [0.25, 0.3) is 0 Å². The first kappa shape index (κ1) is 28.0. The Morgan fingerprint density at radius 1 is 0.738 bits per heavy atom. The van der Waals surface area contributed by atoms with Crippen LogP contribution < -0.4 is 4.74 Å². The van der Waals surface area contributed by atoms with Crippen LogP contribution in [0.25, 0.3) is 32.3 Å². The Bertz CT molecular complexity index is 1810. The van der Waals surface area contributed by atoms with Crippen LogP contribution >= 0.6 is 27.3 Å². The van der Waals surface area contributed by atoms with Gasteiger partial charge < -0.3 is 9.47 Å². The molecule has 1 heterocycles. The van der Waals surface area contributed by atoms with Gasteiger partial charge in [0, 0.05) is 33.4 Å². The van der Waals surface area contributed by atoms with Gasteiger partial charge in [-0.1, -0.05) is 109 Å². The van der Waals surface area contributed by atoms with Gasteiger partial charge in [-0.2, -0.15) is 0 Å². The highest BCUT2D eigenvalue weighted by atomic mass is 79.9. The predicted octanol–water partition coefficient (Wildman–Crippen LogP) is 9.75. The van der Waals surface area contributed by atoms with Crippen LogP contribution in [0.1, 0.15) is 16.0 Å². The molecule has 208 valence electrons. The minimum absolute atomic E-state index is 0.405. The Morgan fingerprint density at radius 2 is 1.36 bits per heavy atom. The maximum Gasteiger partial charge on any atom is 0.347 e. The second-order valence-electron chi connectivity index (χ2n) is 10.1. The van der Waals surface area contributed by atoms with Gasteiger partial charge in [-0.3, -0.25) is 0 Å². The molecule has 1 aromatic heterocycles. The van der Waals surface area contributed by atoms with E-state index in [4.69, 9.17) is 9.47 Å². The molecule has 5 heteroatoms. The van der Waals surface area contributed by atoms with Crippen molar-refractivity contribution in [3.05, 3.63) is 148 Å². The molecule has 0 N–H and O–H groups in total. The smallest absolute Gasteiger partial charge is 0.347 e. The third-order valence-electron chi connectivity index (χ3n) is 7.31. The number of fused-ring (bicyclic) bond motifs is 1. The van der Waals surface area contributed by atoms with E-state index in [1.165, 1.54) is 38.8 Å². The maximum absolute atomic E-state index is 12.5. The van der Waals surface area contributed by atoms with Crippen LogP contribution in [-0.2, 0) is 22.4 Å². The zero-order chi connectivity index (χ0) is 28.9. The summed E-state index contributed by atoms with van der Waals surface area (Å²) < 4.78 is 13.2. The topological polar surface area (TPSA) is 35.5 Å². The largest absolute Gasteiger partial charge is 0.477 e. The number of carbonyl (C=O) groups excluding carboxylic acids is 1. The summed E-state index contributed by atoms with van der Waals surface area (Å²) in [6.07, 6.45) is 0.583. The van der Waals surface area contributed by atoms with Crippen molar-refractivity contribution in [1.82, 2.24) is 0 Å². The number of halogens is 1. The quantitative estimate of drug-likeness (QED) is 0.149. The van der Waals surface area contributed by atoms with E-state index in [0.29, 0.717) is 12.2 Å². The summed E-state index contributed by atoms with van der Waals surface area (Å²) in [5.74, 6) is 0.190. The van der Waals surface area contributed by atoms with Crippen LogP contribution in [0.3, 0.4) is 0 Å². The first-order valence-electron chi connectivity index (χ1n) is 13.8. The molecular weight excluding hydrogens is 604 g/mol. The van der Waals surface area contributed by atoms with Crippen LogP contribution in [0.2, 0.25) is 0 Å². The molecule has 1 atom stereocenters. The number of esters is 1. The second-order valence-corrected chi connectivity index (χ2v) is 12.1. The molecule has 0 bridgehead atoms. The lowest BCUT2D eigenvalue weighted by Crippen LogP contribution is -2.31. The summed E-state index contributed by atoms with van der Waals surface area (Å²) in [6, 6.07) is 43.8. The summed E-state index contributed by atoms with van der Waals surface area (Å²) in [5.41, 5.74) is 6.99. The van der Waals surface area contributed by atoms with Crippen LogP contribution in [0.4, 0.5) is 0 Å². The molecule has 0 saturated carbocycles. The van der Waals surface area contributed by atoms with Crippen molar-refractivity contribution in [2.45, 2.75) is 18.9 Å². The van der Waals surface area contributed by atoms with Crippen molar-refractivity contribution < 1.29 is 14.3 Å². The number of benzene rings is 5. The number of hydrogen-bond donors (Lipinski definition) is 0. The lowest BCUT2D eigenvalue weighted by Gasteiger charge is -2.18. The van der Waals surface area contributed by atoms with Crippen LogP contribution in [0, 0.1) is 0 Å². The van der Waals surface area contributed by atoms with Crippen molar-refractivity contribution >= 4 is 43.3 Å². The fraction of sp³-hybridized carbons (Fsp3) is 0.108. The lowest BCUT2D eigenvalue weighted by atomic mass is 9.96. The lowest BCUT2D eigenvalue weighted by molar-refractivity contribution is -0.148. The molecule has 0 aliphatic rings. The standard InChI is InChI=1S/C37H29BrO3S/c1-40-37(39)33(22-25-10-4-2-5-11-25)41-32-21-20-29(24-31(32)38)27-16-18-28(19-17-27)36-30-14-8-9-15-34(30)42-35(36)23-26-12-6-3-7-13-26/h2-21,24,33H,22-23H2,1H3/t33-/m1/s1. The van der Waals surface area contributed by atoms with E-state index in [0.717, 1.165) is 27.6 Å². The summed E-state index contributed by atoms with van der Waals surface area (Å²) in [5, 5.41) is 1.29. The SMILES string of the molecule is COC(=O)[C@@H](Cc1ccccc1)Oc1ccc(-c2ccc(-c3c(Cc4ccccc4)sc4ccccc34)cc2)cc1Br. The third-order valence-corrected chi connectivity index (χ3v) is 9.10. The van der Waals surface area contributed by atoms with E-state index in [2.05, 4.69) is 94.8 Å². The van der Waals surface area contributed by atoms with E-state index in [1.54, 1.807) is 0 Å². The van der Waals surface area contributed by atoms with Gasteiger partial charge in [0.1, 0.15) is 5.75 Å². The van der Waals surface area contributed by atoms with Crippen LogP contribution in [0.15, 0.2) is 132 Å². The van der Waals surface area contributed by atoms with Gasteiger partial charge >= 0.3 is 5.97 Å². The molecule has 5 aromatic carbocycles. The van der Waals surface area contributed by atoms with E-state index >= 15 is 0 Å². The van der Waals surface area contributed by atoms with E-state index in [1.807, 2.05) is 59.9 Å². The molecular formula is C37H29BrO3S. The fourth-order valence-corrected chi connectivity index (χ4v) is 6.94. The summed E-state index contributed by atoms with van der Waals surface area (Å²) in [6.45, 7) is 0. The molecule has 0 aliphatic carbocycles. The average molecular weight is 634 g/mol. The molecule has 6 aromatic rings. The second kappa shape index (κ2) is 12.8. The van der Waals surface area contributed by atoms with Crippen LogP contribution in [0.5, 0.6) is 5.75 Å². The van der Waals surface area contributed by atoms with Gasteiger partial charge in [-0.05, 0) is 61.9 Å². The number of thiophene rings is 1. The number of ether oxygens (including phenoxy) is 2. The molecule has 0 fully saturated rings. The summed E-state index contributed by atoms with van der Waals surface area (Å²) in [7, 11) is 1.38. The Hall–Kier alpha value is -4.19. The fourth-order valence-electron chi connectivity index (χ4n) is 5.21. The van der Waals surface area contributed by atoms with E-state index < -0.39 is 12.1 Å². The first-order chi connectivity index (χ1) is 20.6. The highest BCUT2D eigenvalue weighted by Crippen LogP contribution is 2.41. The molecule has 0 unspecified atom stereocenters. The molecule has 0 aliphatic heterocycles. The Labute approximate surface area is 258 Å². The van der Waals surface area contributed by atoms with Crippen LogP contribution in [-0.4, -0.2) is 19.2 Å². The Balaban J connectivity index is 1.26. The van der Waals surface area contributed by atoms with Gasteiger partial charge in [0.05, 0.1) is 11.6 Å². The first-order valence-corrected chi connectivity index (χ1v) is 15.4. The zero-order valence-corrected chi connectivity index (χ0v) is 25.5. The Kier molecular flexibility index (Phi) is 8.50. The normalized spacial score (nSPS) is 11.8.